The van der Waals surface area contributed by atoms with E-state index < -0.39 is 9.05 Å². The fraction of sp³-hybridized carbons (Fsp3) is 0.417. The molecule has 7 heteroatoms. The van der Waals surface area contributed by atoms with E-state index in [0.29, 0.717) is 11.3 Å². The van der Waals surface area contributed by atoms with Crippen molar-refractivity contribution in [2.24, 2.45) is 5.92 Å². The fourth-order valence-electron chi connectivity index (χ4n) is 1.91. The van der Waals surface area contributed by atoms with Gasteiger partial charge in [-0.15, -0.1) is 0 Å². The highest BCUT2D eigenvalue weighted by molar-refractivity contribution is 8.13. The van der Waals surface area contributed by atoms with E-state index in [1.54, 1.807) is 6.92 Å². The molecule has 1 N–H and O–H groups in total. The SMILES string of the molecule is Cc1cc(S(=O)(=O)Cl)cc(Cl)c1NC(=O)C1CCC1. The number of carbonyl (C=O) groups excluding carboxylic acids is 1. The van der Waals surface area contributed by atoms with Crippen LogP contribution in [0.25, 0.3) is 0 Å². The quantitative estimate of drug-likeness (QED) is 0.868. The molecular formula is C12H13Cl2NO3S. The molecule has 19 heavy (non-hydrogen) atoms. The summed E-state index contributed by atoms with van der Waals surface area (Å²) in [6.45, 7) is 1.67. The molecule has 1 aromatic rings. The molecule has 1 aliphatic rings. The standard InChI is InChI=1S/C12H13Cl2NO3S/c1-7-5-9(19(14,17)18)6-10(13)11(7)15-12(16)8-3-2-4-8/h5-6,8H,2-4H2,1H3,(H,15,16). The monoisotopic (exact) mass is 321 g/mol. The van der Waals surface area contributed by atoms with E-state index in [1.807, 2.05) is 0 Å². The van der Waals surface area contributed by atoms with Gasteiger partial charge >= 0.3 is 0 Å². The average molecular weight is 322 g/mol. The Morgan fingerprint density at radius 2 is 2.00 bits per heavy atom. The van der Waals surface area contributed by atoms with Crippen molar-refractivity contribution in [3.05, 3.63) is 22.7 Å². The third-order valence-electron chi connectivity index (χ3n) is 3.27. The maximum atomic E-state index is 11.9. The molecule has 0 aromatic heterocycles. The summed E-state index contributed by atoms with van der Waals surface area (Å²) < 4.78 is 22.5. The van der Waals surface area contributed by atoms with Crippen molar-refractivity contribution in [2.45, 2.75) is 31.1 Å². The normalized spacial score (nSPS) is 15.9. The molecular weight excluding hydrogens is 309 g/mol. The van der Waals surface area contributed by atoms with Gasteiger partial charge in [0.15, 0.2) is 0 Å². The van der Waals surface area contributed by atoms with Crippen LogP contribution >= 0.6 is 22.3 Å². The summed E-state index contributed by atoms with van der Waals surface area (Å²) >= 11 is 6.01. The van der Waals surface area contributed by atoms with Gasteiger partial charge in [0.1, 0.15) is 0 Å². The zero-order valence-corrected chi connectivity index (χ0v) is 12.6. The molecule has 1 amide bonds. The van der Waals surface area contributed by atoms with E-state index >= 15 is 0 Å². The summed E-state index contributed by atoms with van der Waals surface area (Å²) in [7, 11) is 1.44. The Labute approximate surface area is 121 Å². The molecule has 1 aliphatic carbocycles. The van der Waals surface area contributed by atoms with Gasteiger partial charge in [0, 0.05) is 16.6 Å². The molecule has 0 radical (unpaired) electrons. The Morgan fingerprint density at radius 3 is 2.42 bits per heavy atom. The number of aryl methyl sites for hydroxylation is 1. The first-order chi connectivity index (χ1) is 8.79. The van der Waals surface area contributed by atoms with Gasteiger partial charge in [-0.25, -0.2) is 8.42 Å². The van der Waals surface area contributed by atoms with Gasteiger partial charge in [-0.05, 0) is 37.5 Å². The van der Waals surface area contributed by atoms with Crippen LogP contribution in [-0.4, -0.2) is 14.3 Å². The number of hydrogen-bond acceptors (Lipinski definition) is 3. The van der Waals surface area contributed by atoms with Crippen LogP contribution in [-0.2, 0) is 13.8 Å². The summed E-state index contributed by atoms with van der Waals surface area (Å²) in [5, 5.41) is 2.92. The van der Waals surface area contributed by atoms with Crippen LogP contribution < -0.4 is 5.32 Å². The summed E-state index contributed by atoms with van der Waals surface area (Å²) in [6.07, 6.45) is 2.83. The molecule has 0 spiro atoms. The molecule has 1 aromatic carbocycles. The number of nitrogens with one attached hydrogen (secondary N) is 1. The van der Waals surface area contributed by atoms with E-state index in [2.05, 4.69) is 5.32 Å². The molecule has 4 nitrogen and oxygen atoms in total. The lowest BCUT2D eigenvalue weighted by Crippen LogP contribution is -2.28. The van der Waals surface area contributed by atoms with Gasteiger partial charge in [0.25, 0.3) is 9.05 Å². The predicted molar refractivity (Wildman–Crippen MR) is 75.2 cm³/mol. The largest absolute Gasteiger partial charge is 0.324 e. The van der Waals surface area contributed by atoms with E-state index in [0.717, 1.165) is 19.3 Å². The maximum absolute atomic E-state index is 11.9. The third-order valence-corrected chi connectivity index (χ3v) is 4.90. The first kappa shape index (κ1) is 14.6. The number of anilines is 1. The Morgan fingerprint density at radius 1 is 1.37 bits per heavy atom. The zero-order chi connectivity index (χ0) is 14.2. The van der Waals surface area contributed by atoms with Gasteiger partial charge < -0.3 is 5.32 Å². The molecule has 0 unspecified atom stereocenters. The highest BCUT2D eigenvalue weighted by Crippen LogP contribution is 2.33. The Hall–Kier alpha value is -0.780. The molecule has 1 fully saturated rings. The Kier molecular flexibility index (Phi) is 4.08. The summed E-state index contributed by atoms with van der Waals surface area (Å²) in [5.41, 5.74) is 1.02. The zero-order valence-electron chi connectivity index (χ0n) is 10.2. The molecule has 104 valence electrons. The second-order valence-electron chi connectivity index (χ2n) is 4.65. The number of carbonyl (C=O) groups is 1. The molecule has 0 aliphatic heterocycles. The van der Waals surface area contributed by atoms with E-state index in [-0.39, 0.29) is 21.7 Å². The van der Waals surface area contributed by atoms with Crippen molar-refractivity contribution in [3.8, 4) is 0 Å². The van der Waals surface area contributed by atoms with Gasteiger partial charge in [0.2, 0.25) is 5.91 Å². The minimum atomic E-state index is -3.83. The first-order valence-electron chi connectivity index (χ1n) is 5.84. The second-order valence-corrected chi connectivity index (χ2v) is 7.63. The summed E-state index contributed by atoms with van der Waals surface area (Å²) in [4.78, 5) is 11.8. The van der Waals surface area contributed by atoms with Gasteiger partial charge in [-0.1, -0.05) is 18.0 Å². The molecule has 1 saturated carbocycles. The fourth-order valence-corrected chi connectivity index (χ4v) is 3.13. The maximum Gasteiger partial charge on any atom is 0.261 e. The summed E-state index contributed by atoms with van der Waals surface area (Å²) in [5.74, 6) is -0.0374. The summed E-state index contributed by atoms with van der Waals surface area (Å²) in [6, 6.07) is 2.64. The van der Waals surface area contributed by atoms with Crippen LogP contribution in [0.1, 0.15) is 24.8 Å². The molecule has 0 atom stereocenters. The average Bonchev–Trinajstić information content (AvgIpc) is 2.19. The van der Waals surface area contributed by atoms with E-state index in [1.165, 1.54) is 12.1 Å². The highest BCUT2D eigenvalue weighted by atomic mass is 35.7. The van der Waals surface area contributed by atoms with Crippen LogP contribution in [0.15, 0.2) is 17.0 Å². The predicted octanol–water partition coefficient (Wildman–Crippen LogP) is 3.31. The van der Waals surface area contributed by atoms with Crippen molar-refractivity contribution < 1.29 is 13.2 Å². The lowest BCUT2D eigenvalue weighted by molar-refractivity contribution is -0.122. The number of amides is 1. The third kappa shape index (κ3) is 3.22. The van der Waals surface area contributed by atoms with Crippen LogP contribution in [0.5, 0.6) is 0 Å². The Bertz CT molecular complexity index is 601. The number of benzene rings is 1. The highest BCUT2D eigenvalue weighted by Gasteiger charge is 2.26. The van der Waals surface area contributed by atoms with Crippen molar-refractivity contribution in [1.82, 2.24) is 0 Å². The first-order valence-corrected chi connectivity index (χ1v) is 8.53. The smallest absolute Gasteiger partial charge is 0.261 e. The second kappa shape index (κ2) is 5.31. The van der Waals surface area contributed by atoms with Gasteiger partial charge in [0.05, 0.1) is 15.6 Å². The van der Waals surface area contributed by atoms with Crippen LogP contribution in [0, 0.1) is 12.8 Å². The van der Waals surface area contributed by atoms with Crippen molar-refractivity contribution in [3.63, 3.8) is 0 Å². The minimum Gasteiger partial charge on any atom is -0.324 e. The van der Waals surface area contributed by atoms with E-state index in [9.17, 15) is 13.2 Å². The Balaban J connectivity index is 2.29. The van der Waals surface area contributed by atoms with Crippen molar-refractivity contribution in [2.75, 3.05) is 5.32 Å². The van der Waals surface area contributed by atoms with Crippen LogP contribution in [0.2, 0.25) is 5.02 Å². The topological polar surface area (TPSA) is 63.2 Å². The van der Waals surface area contributed by atoms with Crippen molar-refractivity contribution in [1.29, 1.82) is 0 Å². The van der Waals surface area contributed by atoms with Gasteiger partial charge in [-0.2, -0.15) is 0 Å². The molecule has 0 saturated heterocycles. The molecule has 0 bridgehead atoms. The minimum absolute atomic E-state index is 0.0342. The van der Waals surface area contributed by atoms with Gasteiger partial charge in [-0.3, -0.25) is 4.79 Å². The number of rotatable bonds is 3. The van der Waals surface area contributed by atoms with Crippen molar-refractivity contribution >= 4 is 42.9 Å². The molecule has 2 rings (SSSR count). The lowest BCUT2D eigenvalue weighted by atomic mass is 9.85. The van der Waals surface area contributed by atoms with Crippen LogP contribution in [0.3, 0.4) is 0 Å². The number of halogens is 2. The molecule has 0 heterocycles. The number of hydrogen-bond donors (Lipinski definition) is 1. The van der Waals surface area contributed by atoms with E-state index in [4.69, 9.17) is 22.3 Å². The van der Waals surface area contributed by atoms with Crippen LogP contribution in [0.4, 0.5) is 5.69 Å². The lowest BCUT2D eigenvalue weighted by Gasteiger charge is -2.24.